The zero-order valence-electron chi connectivity index (χ0n) is 12.8. The number of halogens is 1. The van der Waals surface area contributed by atoms with Crippen LogP contribution >= 0.6 is 0 Å². The Labute approximate surface area is 129 Å². The van der Waals surface area contributed by atoms with Crippen molar-refractivity contribution in [1.82, 2.24) is 14.5 Å². The minimum absolute atomic E-state index is 0.158. The lowest BCUT2D eigenvalue weighted by Gasteiger charge is -2.15. The van der Waals surface area contributed by atoms with Gasteiger partial charge in [0, 0.05) is 6.20 Å². The molecule has 0 fully saturated rings. The van der Waals surface area contributed by atoms with Gasteiger partial charge in [-0.25, -0.2) is 9.78 Å². The summed E-state index contributed by atoms with van der Waals surface area (Å²) in [5, 5.41) is 0. The Kier molecular flexibility index (Phi) is 5.63. The second-order valence-corrected chi connectivity index (χ2v) is 5.06. The van der Waals surface area contributed by atoms with E-state index in [1.54, 1.807) is 12.3 Å². The molecule has 2 heterocycles. The van der Waals surface area contributed by atoms with E-state index in [9.17, 15) is 9.18 Å². The predicted octanol–water partition coefficient (Wildman–Crippen LogP) is 3.37. The van der Waals surface area contributed by atoms with Crippen molar-refractivity contribution in [3.8, 4) is 0 Å². The van der Waals surface area contributed by atoms with Crippen molar-refractivity contribution >= 4 is 5.97 Å². The van der Waals surface area contributed by atoms with Gasteiger partial charge in [0.05, 0.1) is 24.7 Å². The van der Waals surface area contributed by atoms with E-state index in [2.05, 4.69) is 16.9 Å². The number of pyridine rings is 1. The first kappa shape index (κ1) is 16.1. The lowest BCUT2D eigenvalue weighted by Crippen LogP contribution is -2.18. The molecule has 0 N–H and O–H groups in total. The second-order valence-electron chi connectivity index (χ2n) is 5.06. The van der Waals surface area contributed by atoms with Crippen LogP contribution in [0.5, 0.6) is 0 Å². The van der Waals surface area contributed by atoms with Crippen molar-refractivity contribution in [2.45, 2.75) is 39.2 Å². The van der Waals surface area contributed by atoms with Crippen LogP contribution in [0.2, 0.25) is 0 Å². The van der Waals surface area contributed by atoms with Crippen molar-refractivity contribution in [1.29, 1.82) is 0 Å². The fourth-order valence-corrected chi connectivity index (χ4v) is 2.17. The summed E-state index contributed by atoms with van der Waals surface area (Å²) >= 11 is 0. The number of ether oxygens (including phenoxy) is 1. The van der Waals surface area contributed by atoms with Crippen LogP contribution in [0.1, 0.15) is 55.3 Å². The van der Waals surface area contributed by atoms with E-state index in [1.807, 2.05) is 19.1 Å². The van der Waals surface area contributed by atoms with Gasteiger partial charge in [-0.3, -0.25) is 4.98 Å². The maximum Gasteiger partial charge on any atom is 0.359 e. The number of imidazole rings is 1. The van der Waals surface area contributed by atoms with Crippen molar-refractivity contribution in [2.24, 2.45) is 0 Å². The molecule has 0 unspecified atom stereocenters. The molecule has 118 valence electrons. The fraction of sp³-hybridized carbons (Fsp3) is 0.438. The van der Waals surface area contributed by atoms with Gasteiger partial charge >= 0.3 is 5.97 Å². The smallest absolute Gasteiger partial charge is 0.359 e. The first-order chi connectivity index (χ1) is 10.6. The van der Waals surface area contributed by atoms with Crippen LogP contribution in [-0.4, -0.2) is 27.1 Å². The summed E-state index contributed by atoms with van der Waals surface area (Å²) in [6, 6.07) is 5.15. The molecule has 0 saturated carbocycles. The molecule has 2 aromatic heterocycles. The van der Waals surface area contributed by atoms with Crippen LogP contribution in [0, 0.1) is 5.95 Å². The predicted molar refractivity (Wildman–Crippen MR) is 80.0 cm³/mol. The number of carbonyl (C=O) groups excluding carboxylic acids is 1. The number of nitrogens with zero attached hydrogens (tertiary/aromatic N) is 3. The summed E-state index contributed by atoms with van der Waals surface area (Å²) in [6.07, 6.45) is 5.73. The third-order valence-corrected chi connectivity index (χ3v) is 3.46. The Morgan fingerprint density at radius 2 is 2.18 bits per heavy atom. The van der Waals surface area contributed by atoms with Crippen LogP contribution in [0.15, 0.2) is 30.7 Å². The molecular weight excluding hydrogens is 285 g/mol. The van der Waals surface area contributed by atoms with E-state index in [-0.39, 0.29) is 18.3 Å². The van der Waals surface area contributed by atoms with Crippen molar-refractivity contribution in [2.75, 3.05) is 6.61 Å². The maximum atomic E-state index is 13.9. The Bertz CT molecular complexity index is 613. The SMILES string of the molecule is CCCCCOC(=O)c1c(F)ncn1[C@H](C)c1ccccn1. The lowest BCUT2D eigenvalue weighted by molar-refractivity contribution is 0.0478. The number of aromatic nitrogens is 3. The maximum absolute atomic E-state index is 13.9. The second kappa shape index (κ2) is 7.68. The van der Waals surface area contributed by atoms with Crippen molar-refractivity contribution in [3.63, 3.8) is 0 Å². The molecular formula is C16H20FN3O2. The third kappa shape index (κ3) is 3.69. The van der Waals surface area contributed by atoms with Gasteiger partial charge < -0.3 is 9.30 Å². The van der Waals surface area contributed by atoms with Gasteiger partial charge in [-0.15, -0.1) is 0 Å². The zero-order chi connectivity index (χ0) is 15.9. The molecule has 22 heavy (non-hydrogen) atoms. The van der Waals surface area contributed by atoms with Crippen LogP contribution in [-0.2, 0) is 4.74 Å². The number of hydrogen-bond acceptors (Lipinski definition) is 4. The summed E-state index contributed by atoms with van der Waals surface area (Å²) in [6.45, 7) is 4.18. The zero-order valence-corrected chi connectivity index (χ0v) is 12.8. The molecule has 0 bridgehead atoms. The monoisotopic (exact) mass is 305 g/mol. The van der Waals surface area contributed by atoms with Crippen LogP contribution < -0.4 is 0 Å². The van der Waals surface area contributed by atoms with Gasteiger partial charge in [0.25, 0.3) is 0 Å². The van der Waals surface area contributed by atoms with Gasteiger partial charge in [-0.2, -0.15) is 4.39 Å². The molecule has 0 aromatic carbocycles. The van der Waals surface area contributed by atoms with E-state index in [4.69, 9.17) is 4.74 Å². The van der Waals surface area contributed by atoms with Gasteiger partial charge in [0.2, 0.25) is 5.95 Å². The van der Waals surface area contributed by atoms with Crippen LogP contribution in [0.3, 0.4) is 0 Å². The fourth-order valence-electron chi connectivity index (χ4n) is 2.17. The molecule has 0 spiro atoms. The molecule has 0 aliphatic carbocycles. The van der Waals surface area contributed by atoms with Crippen molar-refractivity contribution < 1.29 is 13.9 Å². The number of rotatable bonds is 7. The molecule has 0 saturated heterocycles. The highest BCUT2D eigenvalue weighted by Crippen LogP contribution is 2.20. The van der Waals surface area contributed by atoms with E-state index < -0.39 is 11.9 Å². The highest BCUT2D eigenvalue weighted by atomic mass is 19.1. The Balaban J connectivity index is 2.15. The number of hydrogen-bond donors (Lipinski definition) is 0. The normalized spacial score (nSPS) is 12.1. The number of carbonyl (C=O) groups is 1. The summed E-state index contributed by atoms with van der Waals surface area (Å²) < 4.78 is 20.5. The van der Waals surface area contributed by atoms with Crippen LogP contribution in [0.25, 0.3) is 0 Å². The van der Waals surface area contributed by atoms with E-state index in [1.165, 1.54) is 10.9 Å². The standard InChI is InChI=1S/C16H20FN3O2/c1-3-4-7-10-22-16(21)14-15(17)19-11-20(14)12(2)13-8-5-6-9-18-13/h5-6,8-9,11-12H,3-4,7,10H2,1-2H3/t12-/m1/s1. The summed E-state index contributed by atoms with van der Waals surface area (Å²) in [7, 11) is 0. The molecule has 5 nitrogen and oxygen atoms in total. The molecule has 2 aromatic rings. The lowest BCUT2D eigenvalue weighted by atomic mass is 10.2. The van der Waals surface area contributed by atoms with Crippen molar-refractivity contribution in [3.05, 3.63) is 48.1 Å². The molecule has 0 aliphatic heterocycles. The van der Waals surface area contributed by atoms with Crippen LogP contribution in [0.4, 0.5) is 4.39 Å². The molecule has 6 heteroatoms. The molecule has 0 amide bonds. The van der Waals surface area contributed by atoms with E-state index in [0.29, 0.717) is 0 Å². The highest BCUT2D eigenvalue weighted by Gasteiger charge is 2.24. The topological polar surface area (TPSA) is 57.0 Å². The van der Waals surface area contributed by atoms with Gasteiger partial charge in [-0.1, -0.05) is 25.8 Å². The molecule has 0 aliphatic rings. The largest absolute Gasteiger partial charge is 0.461 e. The van der Waals surface area contributed by atoms with E-state index in [0.717, 1.165) is 25.0 Å². The number of unbranched alkanes of at least 4 members (excludes halogenated alkanes) is 2. The van der Waals surface area contributed by atoms with Gasteiger partial charge in [0.15, 0.2) is 5.69 Å². The average Bonchev–Trinajstić information content (AvgIpc) is 2.93. The highest BCUT2D eigenvalue weighted by molar-refractivity contribution is 5.87. The minimum Gasteiger partial charge on any atom is -0.461 e. The summed E-state index contributed by atoms with van der Waals surface area (Å²) in [5.74, 6) is -1.50. The Hall–Kier alpha value is -2.24. The van der Waals surface area contributed by atoms with Gasteiger partial charge in [0.1, 0.15) is 0 Å². The Morgan fingerprint density at radius 3 is 2.86 bits per heavy atom. The summed E-state index contributed by atoms with van der Waals surface area (Å²) in [4.78, 5) is 19.9. The van der Waals surface area contributed by atoms with Gasteiger partial charge in [-0.05, 0) is 25.5 Å². The third-order valence-electron chi connectivity index (χ3n) is 3.46. The van der Waals surface area contributed by atoms with E-state index >= 15 is 0 Å². The molecule has 1 atom stereocenters. The average molecular weight is 305 g/mol. The summed E-state index contributed by atoms with van der Waals surface area (Å²) in [5.41, 5.74) is 0.564. The minimum atomic E-state index is -0.816. The Morgan fingerprint density at radius 1 is 1.36 bits per heavy atom. The quantitative estimate of drug-likeness (QED) is 0.581. The first-order valence-corrected chi connectivity index (χ1v) is 7.45. The number of esters is 1. The molecule has 0 radical (unpaired) electrons. The molecule has 2 rings (SSSR count). The first-order valence-electron chi connectivity index (χ1n) is 7.45.